The van der Waals surface area contributed by atoms with Crippen LogP contribution in [0.5, 0.6) is 0 Å². The van der Waals surface area contributed by atoms with E-state index in [4.69, 9.17) is 4.74 Å². The first-order chi connectivity index (χ1) is 13.5. The SMILES string of the molecule is CCOC(=O)C1=C(O)/C(=C/c2ccc(CC)cc2)SC1=Nc1ccc(C)cc1. The number of hydrogen-bond acceptors (Lipinski definition) is 5. The van der Waals surface area contributed by atoms with Crippen LogP contribution in [-0.4, -0.2) is 22.7 Å². The normalized spacial score (nSPS) is 16.8. The van der Waals surface area contributed by atoms with Gasteiger partial charge in [-0.05, 0) is 49.6 Å². The number of esters is 1. The number of aliphatic hydroxyl groups excluding tert-OH is 1. The zero-order chi connectivity index (χ0) is 20.1. The molecule has 0 amide bonds. The summed E-state index contributed by atoms with van der Waals surface area (Å²) >= 11 is 1.27. The van der Waals surface area contributed by atoms with Crippen molar-refractivity contribution in [2.75, 3.05) is 6.61 Å². The van der Waals surface area contributed by atoms with Crippen LogP contribution in [0.2, 0.25) is 0 Å². The number of carbonyl (C=O) groups is 1. The van der Waals surface area contributed by atoms with Gasteiger partial charge >= 0.3 is 5.97 Å². The molecule has 2 aromatic rings. The van der Waals surface area contributed by atoms with Crippen molar-refractivity contribution < 1.29 is 14.6 Å². The lowest BCUT2D eigenvalue weighted by atomic mass is 10.1. The first-order valence-electron chi connectivity index (χ1n) is 9.26. The highest BCUT2D eigenvalue weighted by atomic mass is 32.2. The lowest BCUT2D eigenvalue weighted by molar-refractivity contribution is -0.138. The highest BCUT2D eigenvalue weighted by Gasteiger charge is 2.33. The van der Waals surface area contributed by atoms with Crippen LogP contribution in [0.1, 0.15) is 30.5 Å². The second-order valence-corrected chi connectivity index (χ2v) is 7.43. The molecule has 0 aromatic heterocycles. The van der Waals surface area contributed by atoms with Crippen molar-refractivity contribution in [2.45, 2.75) is 27.2 Å². The van der Waals surface area contributed by atoms with E-state index < -0.39 is 5.97 Å². The quantitative estimate of drug-likeness (QED) is 0.657. The van der Waals surface area contributed by atoms with Gasteiger partial charge in [0.25, 0.3) is 0 Å². The van der Waals surface area contributed by atoms with Gasteiger partial charge in [-0.15, -0.1) is 0 Å². The van der Waals surface area contributed by atoms with Gasteiger partial charge in [0.2, 0.25) is 0 Å². The fourth-order valence-corrected chi connectivity index (χ4v) is 3.76. The van der Waals surface area contributed by atoms with Gasteiger partial charge in [-0.25, -0.2) is 9.79 Å². The lowest BCUT2D eigenvalue weighted by Crippen LogP contribution is -2.12. The van der Waals surface area contributed by atoms with Gasteiger partial charge in [0.1, 0.15) is 16.4 Å². The van der Waals surface area contributed by atoms with Gasteiger partial charge in [0.05, 0.1) is 17.2 Å². The molecule has 1 heterocycles. The molecular weight excluding hydrogens is 370 g/mol. The Labute approximate surface area is 169 Å². The second-order valence-electron chi connectivity index (χ2n) is 6.40. The number of carbonyl (C=O) groups excluding carboxylic acids is 1. The average Bonchev–Trinajstić information content (AvgIpc) is 2.99. The molecule has 0 saturated heterocycles. The molecule has 1 aliphatic heterocycles. The van der Waals surface area contributed by atoms with E-state index >= 15 is 0 Å². The number of aryl methyl sites for hydroxylation is 2. The smallest absolute Gasteiger partial charge is 0.344 e. The summed E-state index contributed by atoms with van der Waals surface area (Å²) in [5, 5.41) is 11.2. The molecule has 1 aliphatic rings. The Morgan fingerprint density at radius 2 is 1.79 bits per heavy atom. The van der Waals surface area contributed by atoms with Gasteiger partial charge < -0.3 is 9.84 Å². The summed E-state index contributed by atoms with van der Waals surface area (Å²) in [4.78, 5) is 17.6. The van der Waals surface area contributed by atoms with Crippen LogP contribution in [0.25, 0.3) is 6.08 Å². The number of thioether (sulfide) groups is 1. The highest BCUT2D eigenvalue weighted by Crippen LogP contribution is 2.40. The highest BCUT2D eigenvalue weighted by molar-refractivity contribution is 8.18. The molecule has 28 heavy (non-hydrogen) atoms. The summed E-state index contributed by atoms with van der Waals surface area (Å²) in [7, 11) is 0. The molecule has 4 nitrogen and oxygen atoms in total. The zero-order valence-corrected chi connectivity index (χ0v) is 17.0. The molecule has 0 aliphatic carbocycles. The van der Waals surface area contributed by atoms with Crippen LogP contribution < -0.4 is 0 Å². The number of aliphatic hydroxyl groups is 1. The molecule has 2 aromatic carbocycles. The maximum Gasteiger partial charge on any atom is 0.344 e. The van der Waals surface area contributed by atoms with E-state index in [1.54, 1.807) is 6.92 Å². The van der Waals surface area contributed by atoms with E-state index in [9.17, 15) is 9.90 Å². The Hall–Kier alpha value is -2.79. The van der Waals surface area contributed by atoms with Crippen LogP contribution in [0.15, 0.2) is 69.8 Å². The van der Waals surface area contributed by atoms with Crippen molar-refractivity contribution in [3.05, 3.63) is 81.5 Å². The summed E-state index contributed by atoms with van der Waals surface area (Å²) in [5.41, 5.74) is 4.16. The van der Waals surface area contributed by atoms with Crippen LogP contribution in [0, 0.1) is 6.92 Å². The third kappa shape index (κ3) is 4.54. The van der Waals surface area contributed by atoms with Crippen LogP contribution >= 0.6 is 11.8 Å². The third-order valence-corrected chi connectivity index (χ3v) is 5.34. The molecule has 0 fully saturated rings. The minimum atomic E-state index is -0.567. The Balaban J connectivity index is 2.00. The van der Waals surface area contributed by atoms with Gasteiger partial charge in [0, 0.05) is 0 Å². The second kappa shape index (κ2) is 8.93. The molecule has 1 N–H and O–H groups in total. The topological polar surface area (TPSA) is 58.9 Å². The largest absolute Gasteiger partial charge is 0.506 e. The van der Waals surface area contributed by atoms with E-state index in [0.29, 0.717) is 9.95 Å². The van der Waals surface area contributed by atoms with Crippen molar-refractivity contribution in [3.8, 4) is 0 Å². The molecule has 0 saturated carbocycles. The summed E-state index contributed by atoms with van der Waals surface area (Å²) in [6.45, 7) is 6.08. The minimum absolute atomic E-state index is 0.0890. The Bertz CT molecular complexity index is 954. The number of benzene rings is 2. The standard InChI is InChI=1S/C23H23NO3S/c1-4-16-8-10-17(11-9-16)14-19-21(25)20(23(26)27-5-2)22(28-19)24-18-12-6-15(3)7-13-18/h6-14,25H,4-5H2,1-3H3/b19-14-,24-22?. The van der Waals surface area contributed by atoms with Gasteiger partial charge in [-0.2, -0.15) is 0 Å². The summed E-state index contributed by atoms with van der Waals surface area (Å²) in [5.74, 6) is -0.656. The van der Waals surface area contributed by atoms with Crippen molar-refractivity contribution >= 4 is 34.5 Å². The number of ether oxygens (including phenoxy) is 1. The molecule has 0 bridgehead atoms. The average molecular weight is 394 g/mol. The van der Waals surface area contributed by atoms with Crippen molar-refractivity contribution in [1.82, 2.24) is 0 Å². The Morgan fingerprint density at radius 3 is 2.39 bits per heavy atom. The Kier molecular flexibility index (Phi) is 6.37. The molecule has 144 valence electrons. The molecule has 0 radical (unpaired) electrons. The summed E-state index contributed by atoms with van der Waals surface area (Å²) < 4.78 is 5.13. The van der Waals surface area contributed by atoms with E-state index in [0.717, 1.165) is 23.2 Å². The van der Waals surface area contributed by atoms with E-state index in [2.05, 4.69) is 24.0 Å². The summed E-state index contributed by atoms with van der Waals surface area (Å²) in [6.07, 6.45) is 2.83. The van der Waals surface area contributed by atoms with Gasteiger partial charge in [-0.3, -0.25) is 0 Å². The van der Waals surface area contributed by atoms with E-state index in [-0.39, 0.29) is 17.9 Å². The maximum atomic E-state index is 12.4. The number of nitrogens with zero attached hydrogens (tertiary/aromatic N) is 1. The van der Waals surface area contributed by atoms with Crippen LogP contribution in [-0.2, 0) is 16.0 Å². The first kappa shape index (κ1) is 20.0. The molecule has 3 rings (SSSR count). The van der Waals surface area contributed by atoms with Crippen molar-refractivity contribution in [2.24, 2.45) is 4.99 Å². The maximum absolute atomic E-state index is 12.4. The molecular formula is C23H23NO3S. The van der Waals surface area contributed by atoms with Crippen molar-refractivity contribution in [3.63, 3.8) is 0 Å². The van der Waals surface area contributed by atoms with Crippen molar-refractivity contribution in [1.29, 1.82) is 0 Å². The fourth-order valence-electron chi connectivity index (χ4n) is 2.73. The van der Waals surface area contributed by atoms with Gasteiger partial charge in [-0.1, -0.05) is 60.6 Å². The van der Waals surface area contributed by atoms with Crippen LogP contribution in [0.3, 0.4) is 0 Å². The van der Waals surface area contributed by atoms with E-state index in [1.807, 2.05) is 49.4 Å². The molecule has 0 spiro atoms. The minimum Gasteiger partial charge on any atom is -0.506 e. The molecule has 5 heteroatoms. The number of aliphatic imine (C=N–C) groups is 1. The predicted molar refractivity (Wildman–Crippen MR) is 116 cm³/mol. The van der Waals surface area contributed by atoms with Crippen LogP contribution in [0.4, 0.5) is 5.69 Å². The monoisotopic (exact) mass is 393 g/mol. The fraction of sp³-hybridized carbons (Fsp3) is 0.217. The Morgan fingerprint density at radius 1 is 1.11 bits per heavy atom. The van der Waals surface area contributed by atoms with Gasteiger partial charge in [0.15, 0.2) is 0 Å². The molecule has 0 atom stereocenters. The first-order valence-corrected chi connectivity index (χ1v) is 10.1. The zero-order valence-electron chi connectivity index (χ0n) is 16.2. The predicted octanol–water partition coefficient (Wildman–Crippen LogP) is 5.75. The lowest BCUT2D eigenvalue weighted by Gasteiger charge is -2.04. The number of hydrogen-bond donors (Lipinski definition) is 1. The summed E-state index contributed by atoms with van der Waals surface area (Å²) in [6, 6.07) is 15.8. The van der Waals surface area contributed by atoms with E-state index in [1.165, 1.54) is 17.3 Å². The molecule has 0 unspecified atom stereocenters. The number of rotatable bonds is 5. The third-order valence-electron chi connectivity index (χ3n) is 4.32.